The van der Waals surface area contributed by atoms with Crippen LogP contribution in [0.25, 0.3) is 11.1 Å². The third-order valence-electron chi connectivity index (χ3n) is 2.80. The zero-order chi connectivity index (χ0) is 12.3. The van der Waals surface area contributed by atoms with Crippen LogP contribution in [0.5, 0.6) is 0 Å². The van der Waals surface area contributed by atoms with Crippen LogP contribution in [0.3, 0.4) is 0 Å². The molecule has 0 saturated heterocycles. The van der Waals surface area contributed by atoms with Crippen LogP contribution < -0.4 is 5.73 Å². The third kappa shape index (κ3) is 2.91. The summed E-state index contributed by atoms with van der Waals surface area (Å²) in [5, 5.41) is 0.531. The molecule has 2 N–H and O–H groups in total. The van der Waals surface area contributed by atoms with Crippen molar-refractivity contribution in [3.8, 4) is 0 Å². The van der Waals surface area contributed by atoms with Gasteiger partial charge in [-0.25, -0.2) is 4.98 Å². The number of benzene rings is 1. The second kappa shape index (κ2) is 5.41. The summed E-state index contributed by atoms with van der Waals surface area (Å²) >= 11 is 5.94. The Labute approximate surface area is 106 Å². The second-order valence-corrected chi connectivity index (χ2v) is 4.67. The van der Waals surface area contributed by atoms with E-state index in [2.05, 4.69) is 11.9 Å². The Bertz CT molecular complexity index is 468. The van der Waals surface area contributed by atoms with Crippen molar-refractivity contribution in [1.82, 2.24) is 4.98 Å². The van der Waals surface area contributed by atoms with Gasteiger partial charge < -0.3 is 10.2 Å². The highest BCUT2D eigenvalue weighted by Crippen LogP contribution is 2.26. The van der Waals surface area contributed by atoms with Crippen LogP contribution in [0.2, 0.25) is 5.02 Å². The van der Waals surface area contributed by atoms with Crippen LogP contribution in [0.1, 0.15) is 38.5 Å². The normalized spacial score (nSPS) is 11.2. The summed E-state index contributed by atoms with van der Waals surface area (Å²) in [6.07, 6.45) is 5.72. The van der Waals surface area contributed by atoms with Gasteiger partial charge in [-0.15, -0.1) is 0 Å². The molecular weight excluding hydrogens is 236 g/mol. The monoisotopic (exact) mass is 252 g/mol. The minimum Gasteiger partial charge on any atom is -0.441 e. The number of aromatic nitrogens is 1. The summed E-state index contributed by atoms with van der Waals surface area (Å²) < 4.78 is 5.63. The SMILES string of the molecule is CCCCCCc1nc2cc(Cl)c(N)cc2o1. The Morgan fingerprint density at radius 3 is 2.88 bits per heavy atom. The van der Waals surface area contributed by atoms with Gasteiger partial charge in [0.15, 0.2) is 11.5 Å². The first-order valence-corrected chi connectivity index (χ1v) is 6.43. The zero-order valence-corrected chi connectivity index (χ0v) is 10.8. The van der Waals surface area contributed by atoms with Crippen LogP contribution >= 0.6 is 11.6 Å². The molecule has 2 aromatic rings. The fraction of sp³-hybridized carbons (Fsp3) is 0.462. The molecule has 17 heavy (non-hydrogen) atoms. The lowest BCUT2D eigenvalue weighted by molar-refractivity contribution is 0.509. The standard InChI is InChI=1S/C13H17ClN2O/c1-2-3-4-5-6-13-16-11-7-9(14)10(15)8-12(11)17-13/h7-8H,2-6,15H2,1H3. The van der Waals surface area contributed by atoms with E-state index >= 15 is 0 Å². The van der Waals surface area contributed by atoms with Gasteiger partial charge in [-0.3, -0.25) is 0 Å². The molecule has 1 aromatic carbocycles. The Balaban J connectivity index is 2.09. The first kappa shape index (κ1) is 12.2. The van der Waals surface area contributed by atoms with Crippen LogP contribution in [0.4, 0.5) is 5.69 Å². The number of rotatable bonds is 5. The maximum absolute atomic E-state index is 5.94. The molecule has 0 atom stereocenters. The lowest BCUT2D eigenvalue weighted by Gasteiger charge is -1.95. The number of unbranched alkanes of at least 4 members (excludes halogenated alkanes) is 3. The number of anilines is 1. The average molecular weight is 253 g/mol. The molecule has 0 aliphatic heterocycles. The van der Waals surface area contributed by atoms with E-state index in [1.165, 1.54) is 19.3 Å². The van der Waals surface area contributed by atoms with Crippen LogP contribution in [0, 0.1) is 0 Å². The van der Waals surface area contributed by atoms with E-state index in [1.54, 1.807) is 12.1 Å². The lowest BCUT2D eigenvalue weighted by Crippen LogP contribution is -1.85. The number of halogens is 1. The van der Waals surface area contributed by atoms with Crippen LogP contribution in [-0.4, -0.2) is 4.98 Å². The van der Waals surface area contributed by atoms with Gasteiger partial charge in [0, 0.05) is 12.5 Å². The number of hydrogen-bond acceptors (Lipinski definition) is 3. The van der Waals surface area contributed by atoms with Gasteiger partial charge >= 0.3 is 0 Å². The lowest BCUT2D eigenvalue weighted by atomic mass is 10.1. The molecule has 3 nitrogen and oxygen atoms in total. The molecule has 0 radical (unpaired) electrons. The van der Waals surface area contributed by atoms with Gasteiger partial charge in [0.05, 0.1) is 10.7 Å². The molecule has 0 bridgehead atoms. The first-order valence-electron chi connectivity index (χ1n) is 6.05. The van der Waals surface area contributed by atoms with Crippen molar-refractivity contribution in [2.45, 2.75) is 39.0 Å². The molecule has 0 unspecified atom stereocenters. The van der Waals surface area contributed by atoms with Crippen molar-refractivity contribution in [2.24, 2.45) is 0 Å². The summed E-state index contributed by atoms with van der Waals surface area (Å²) in [6, 6.07) is 3.49. The predicted molar refractivity (Wildman–Crippen MR) is 71.3 cm³/mol. The van der Waals surface area contributed by atoms with Crippen molar-refractivity contribution in [3.63, 3.8) is 0 Å². The molecule has 0 amide bonds. The van der Waals surface area contributed by atoms with E-state index < -0.39 is 0 Å². The van der Waals surface area contributed by atoms with Crippen LogP contribution in [0.15, 0.2) is 16.5 Å². The highest BCUT2D eigenvalue weighted by Gasteiger charge is 2.08. The van der Waals surface area contributed by atoms with E-state index in [0.717, 1.165) is 29.8 Å². The molecule has 2 rings (SSSR count). The van der Waals surface area contributed by atoms with E-state index in [4.69, 9.17) is 21.8 Å². The summed E-state index contributed by atoms with van der Waals surface area (Å²) in [7, 11) is 0. The molecule has 0 saturated carbocycles. The van der Waals surface area contributed by atoms with Gasteiger partial charge in [0.1, 0.15) is 5.52 Å². The molecule has 4 heteroatoms. The van der Waals surface area contributed by atoms with E-state index in [0.29, 0.717) is 10.7 Å². The maximum Gasteiger partial charge on any atom is 0.195 e. The number of aryl methyl sites for hydroxylation is 1. The van der Waals surface area contributed by atoms with Crippen molar-refractivity contribution in [3.05, 3.63) is 23.0 Å². The Morgan fingerprint density at radius 1 is 1.29 bits per heavy atom. The van der Waals surface area contributed by atoms with E-state index in [9.17, 15) is 0 Å². The number of oxazole rings is 1. The summed E-state index contributed by atoms with van der Waals surface area (Å²) in [5.41, 5.74) is 7.76. The maximum atomic E-state index is 5.94. The molecule has 92 valence electrons. The van der Waals surface area contributed by atoms with E-state index in [1.807, 2.05) is 0 Å². The predicted octanol–water partition coefficient (Wildman–Crippen LogP) is 4.19. The van der Waals surface area contributed by atoms with Crippen molar-refractivity contribution >= 4 is 28.4 Å². The first-order chi connectivity index (χ1) is 8.20. The molecule has 0 fully saturated rings. The molecule has 0 spiro atoms. The van der Waals surface area contributed by atoms with Crippen molar-refractivity contribution in [2.75, 3.05) is 5.73 Å². The zero-order valence-electron chi connectivity index (χ0n) is 10.0. The Morgan fingerprint density at radius 2 is 2.12 bits per heavy atom. The van der Waals surface area contributed by atoms with Gasteiger partial charge in [-0.1, -0.05) is 37.8 Å². The number of nitrogens with two attached hydrogens (primary N) is 1. The molecule has 1 heterocycles. The molecule has 0 aliphatic rings. The molecule has 0 aliphatic carbocycles. The quantitative estimate of drug-likeness (QED) is 0.641. The Hall–Kier alpha value is -1.22. The fourth-order valence-corrected chi connectivity index (χ4v) is 1.98. The van der Waals surface area contributed by atoms with Gasteiger partial charge in [0.25, 0.3) is 0 Å². The van der Waals surface area contributed by atoms with Crippen LogP contribution in [-0.2, 0) is 6.42 Å². The second-order valence-electron chi connectivity index (χ2n) is 4.26. The number of hydrogen-bond donors (Lipinski definition) is 1. The minimum absolute atomic E-state index is 0.531. The summed E-state index contributed by atoms with van der Waals surface area (Å²) in [6.45, 7) is 2.20. The summed E-state index contributed by atoms with van der Waals surface area (Å²) in [5.74, 6) is 0.776. The van der Waals surface area contributed by atoms with E-state index in [-0.39, 0.29) is 0 Å². The number of fused-ring (bicyclic) bond motifs is 1. The minimum atomic E-state index is 0.531. The van der Waals surface area contributed by atoms with Gasteiger partial charge in [-0.05, 0) is 12.5 Å². The third-order valence-corrected chi connectivity index (χ3v) is 3.12. The molecular formula is C13H17ClN2O. The number of nitrogens with zero attached hydrogens (tertiary/aromatic N) is 1. The Kier molecular flexibility index (Phi) is 3.89. The van der Waals surface area contributed by atoms with Gasteiger partial charge in [-0.2, -0.15) is 0 Å². The topological polar surface area (TPSA) is 52.0 Å². The van der Waals surface area contributed by atoms with Crippen molar-refractivity contribution in [1.29, 1.82) is 0 Å². The smallest absolute Gasteiger partial charge is 0.195 e. The highest BCUT2D eigenvalue weighted by molar-refractivity contribution is 6.33. The summed E-state index contributed by atoms with van der Waals surface area (Å²) in [4.78, 5) is 4.41. The number of nitrogen functional groups attached to an aromatic ring is 1. The van der Waals surface area contributed by atoms with Crippen molar-refractivity contribution < 1.29 is 4.42 Å². The van der Waals surface area contributed by atoms with Gasteiger partial charge in [0.2, 0.25) is 0 Å². The average Bonchev–Trinajstić information content (AvgIpc) is 2.67. The molecule has 1 aromatic heterocycles. The largest absolute Gasteiger partial charge is 0.441 e. The highest BCUT2D eigenvalue weighted by atomic mass is 35.5. The fourth-order valence-electron chi connectivity index (χ4n) is 1.82.